The maximum absolute atomic E-state index is 13.9. The number of benzene rings is 1. The summed E-state index contributed by atoms with van der Waals surface area (Å²) in [5, 5.41) is 0.126. The smallest absolute Gasteiger partial charge is 0.144 e. The Bertz CT molecular complexity index is 653. The first-order valence-corrected chi connectivity index (χ1v) is 8.45. The van der Waals surface area contributed by atoms with Crippen molar-refractivity contribution in [3.63, 3.8) is 0 Å². The van der Waals surface area contributed by atoms with E-state index in [1.165, 1.54) is 25.3 Å². The highest BCUT2D eigenvalue weighted by molar-refractivity contribution is 6.31. The predicted molar refractivity (Wildman–Crippen MR) is 85.8 cm³/mol. The van der Waals surface area contributed by atoms with Crippen LogP contribution in [0, 0.1) is 11.7 Å². The highest BCUT2D eigenvalue weighted by atomic mass is 35.5. The van der Waals surface area contributed by atoms with Gasteiger partial charge in [-0.25, -0.2) is 9.37 Å². The Kier molecular flexibility index (Phi) is 4.41. The highest BCUT2D eigenvalue weighted by Crippen LogP contribution is 2.37. The first-order valence-electron chi connectivity index (χ1n) is 7.53. The van der Waals surface area contributed by atoms with Crippen LogP contribution in [-0.2, 0) is 6.42 Å². The number of alkyl halides is 1. The lowest BCUT2D eigenvalue weighted by Crippen LogP contribution is -2.23. The van der Waals surface area contributed by atoms with Crippen LogP contribution in [0.25, 0.3) is 11.0 Å². The van der Waals surface area contributed by atoms with E-state index in [2.05, 4.69) is 16.5 Å². The van der Waals surface area contributed by atoms with Gasteiger partial charge in [0.2, 0.25) is 0 Å². The molecule has 1 aromatic heterocycles. The topological polar surface area (TPSA) is 17.8 Å². The molecule has 21 heavy (non-hydrogen) atoms. The maximum Gasteiger partial charge on any atom is 0.144 e. The number of hydrogen-bond donors (Lipinski definition) is 0. The normalized spacial score (nSPS) is 22.9. The zero-order valence-electron chi connectivity index (χ0n) is 12.1. The van der Waals surface area contributed by atoms with Crippen LogP contribution in [0.5, 0.6) is 0 Å². The summed E-state index contributed by atoms with van der Waals surface area (Å²) in [5.74, 6) is 1.65. The lowest BCUT2D eigenvalue weighted by molar-refractivity contribution is 0.257. The number of halogens is 3. The van der Waals surface area contributed by atoms with Crippen molar-refractivity contribution in [1.82, 2.24) is 9.55 Å². The number of aromatic nitrogens is 2. The summed E-state index contributed by atoms with van der Waals surface area (Å²) in [7, 11) is 0. The van der Waals surface area contributed by atoms with E-state index in [9.17, 15) is 4.39 Å². The van der Waals surface area contributed by atoms with E-state index in [1.807, 2.05) is 0 Å². The van der Waals surface area contributed by atoms with Crippen LogP contribution in [0.2, 0.25) is 5.02 Å². The van der Waals surface area contributed by atoms with Gasteiger partial charge in [0.15, 0.2) is 0 Å². The van der Waals surface area contributed by atoms with Gasteiger partial charge in [0.1, 0.15) is 11.6 Å². The van der Waals surface area contributed by atoms with Crippen LogP contribution >= 0.6 is 23.2 Å². The molecule has 2 nitrogen and oxygen atoms in total. The summed E-state index contributed by atoms with van der Waals surface area (Å²) in [6.07, 6.45) is 5.51. The summed E-state index contributed by atoms with van der Waals surface area (Å²) in [4.78, 5) is 4.64. The number of fused-ring (bicyclic) bond motifs is 1. The van der Waals surface area contributed by atoms with Crippen LogP contribution in [0.15, 0.2) is 12.1 Å². The summed E-state index contributed by atoms with van der Waals surface area (Å²) in [6.45, 7) is 2.27. The van der Waals surface area contributed by atoms with Gasteiger partial charge in [0, 0.05) is 24.4 Å². The third-order valence-electron chi connectivity index (χ3n) is 4.52. The molecule has 0 aliphatic heterocycles. The Hall–Kier alpha value is -0.800. The van der Waals surface area contributed by atoms with Gasteiger partial charge < -0.3 is 4.57 Å². The molecule has 2 aromatic rings. The average molecular weight is 329 g/mol. The summed E-state index contributed by atoms with van der Waals surface area (Å²) in [5.41, 5.74) is 1.61. The SMILES string of the molecule is CC1CCCCC1n1c(CCCl)nc2cc(Cl)c(F)cc21. The van der Waals surface area contributed by atoms with Gasteiger partial charge in [-0.2, -0.15) is 0 Å². The largest absolute Gasteiger partial charge is 0.324 e. The minimum absolute atomic E-state index is 0.126. The van der Waals surface area contributed by atoms with E-state index in [0.717, 1.165) is 23.3 Å². The summed E-state index contributed by atoms with van der Waals surface area (Å²) >= 11 is 11.8. The van der Waals surface area contributed by atoms with Crippen molar-refractivity contribution in [2.45, 2.75) is 45.1 Å². The lowest BCUT2D eigenvalue weighted by atomic mass is 9.85. The van der Waals surface area contributed by atoms with Crippen LogP contribution in [0.1, 0.15) is 44.5 Å². The van der Waals surface area contributed by atoms with Crippen LogP contribution in [0.3, 0.4) is 0 Å². The van der Waals surface area contributed by atoms with Crippen LogP contribution in [0.4, 0.5) is 4.39 Å². The van der Waals surface area contributed by atoms with E-state index >= 15 is 0 Å². The third kappa shape index (κ3) is 2.78. The predicted octanol–water partition coefficient (Wildman–Crippen LogP) is 5.36. The molecule has 3 rings (SSSR count). The van der Waals surface area contributed by atoms with E-state index in [-0.39, 0.29) is 10.8 Å². The number of nitrogens with zero attached hydrogens (tertiary/aromatic N) is 2. The van der Waals surface area contributed by atoms with Gasteiger partial charge in [-0.3, -0.25) is 0 Å². The van der Waals surface area contributed by atoms with Crippen molar-refractivity contribution >= 4 is 34.2 Å². The number of rotatable bonds is 3. The molecular formula is C16H19Cl2FN2. The molecule has 1 aromatic carbocycles. The molecule has 0 N–H and O–H groups in total. The van der Waals surface area contributed by atoms with Crippen LogP contribution in [-0.4, -0.2) is 15.4 Å². The van der Waals surface area contributed by atoms with Crippen molar-refractivity contribution < 1.29 is 4.39 Å². The number of imidazole rings is 1. The fourth-order valence-electron chi connectivity index (χ4n) is 3.45. The van der Waals surface area contributed by atoms with E-state index in [4.69, 9.17) is 23.2 Å². The Morgan fingerprint density at radius 1 is 1.33 bits per heavy atom. The first kappa shape index (κ1) is 15.1. The van der Waals surface area contributed by atoms with Gasteiger partial charge in [0.05, 0.1) is 16.1 Å². The molecule has 1 saturated carbocycles. The molecule has 1 fully saturated rings. The molecule has 0 radical (unpaired) electrons. The minimum atomic E-state index is -0.383. The molecule has 0 spiro atoms. The van der Waals surface area contributed by atoms with Crippen molar-refractivity contribution in [1.29, 1.82) is 0 Å². The zero-order chi connectivity index (χ0) is 15.0. The van der Waals surface area contributed by atoms with E-state index in [0.29, 0.717) is 24.3 Å². The molecule has 1 aliphatic rings. The zero-order valence-corrected chi connectivity index (χ0v) is 13.6. The fraction of sp³-hybridized carbons (Fsp3) is 0.562. The van der Waals surface area contributed by atoms with E-state index in [1.54, 1.807) is 6.07 Å². The molecule has 0 bridgehead atoms. The highest BCUT2D eigenvalue weighted by Gasteiger charge is 2.27. The van der Waals surface area contributed by atoms with Gasteiger partial charge in [-0.15, -0.1) is 11.6 Å². The quantitative estimate of drug-likeness (QED) is 0.693. The second kappa shape index (κ2) is 6.13. The molecule has 1 aliphatic carbocycles. The first-order chi connectivity index (χ1) is 10.1. The van der Waals surface area contributed by atoms with Gasteiger partial charge in [0.25, 0.3) is 0 Å². The third-order valence-corrected chi connectivity index (χ3v) is 5.00. The molecule has 0 amide bonds. The van der Waals surface area contributed by atoms with Gasteiger partial charge in [-0.05, 0) is 24.8 Å². The number of aryl methyl sites for hydroxylation is 1. The van der Waals surface area contributed by atoms with Crippen molar-refractivity contribution in [3.05, 3.63) is 28.8 Å². The second-order valence-corrected chi connectivity index (χ2v) is 6.71. The minimum Gasteiger partial charge on any atom is -0.324 e. The molecule has 1 heterocycles. The van der Waals surface area contributed by atoms with E-state index < -0.39 is 0 Å². The Morgan fingerprint density at radius 3 is 2.81 bits per heavy atom. The fourth-order valence-corrected chi connectivity index (χ4v) is 3.78. The van der Waals surface area contributed by atoms with Crippen molar-refractivity contribution in [2.75, 3.05) is 5.88 Å². The van der Waals surface area contributed by atoms with Gasteiger partial charge >= 0.3 is 0 Å². The van der Waals surface area contributed by atoms with Crippen LogP contribution < -0.4 is 0 Å². The molecule has 114 valence electrons. The lowest BCUT2D eigenvalue weighted by Gasteiger charge is -2.31. The number of hydrogen-bond acceptors (Lipinski definition) is 1. The molecular weight excluding hydrogens is 310 g/mol. The summed E-state index contributed by atoms with van der Waals surface area (Å²) < 4.78 is 16.1. The van der Waals surface area contributed by atoms with Gasteiger partial charge in [-0.1, -0.05) is 31.4 Å². The second-order valence-electron chi connectivity index (χ2n) is 5.92. The Morgan fingerprint density at radius 2 is 2.10 bits per heavy atom. The Labute approximate surface area is 134 Å². The molecule has 0 saturated heterocycles. The maximum atomic E-state index is 13.9. The average Bonchev–Trinajstić information content (AvgIpc) is 2.78. The standard InChI is InChI=1S/C16H19Cl2FN2/c1-10-4-2-3-5-14(10)21-15-9-12(19)11(18)8-13(15)20-16(21)6-7-17/h8-10,14H,2-7H2,1H3. The monoisotopic (exact) mass is 328 g/mol. The Balaban J connectivity index is 2.17. The molecule has 2 atom stereocenters. The molecule has 2 unspecified atom stereocenters. The molecule has 5 heteroatoms. The van der Waals surface area contributed by atoms with Crippen molar-refractivity contribution in [3.8, 4) is 0 Å². The summed E-state index contributed by atoms with van der Waals surface area (Å²) in [6, 6.07) is 3.51. The van der Waals surface area contributed by atoms with Crippen molar-refractivity contribution in [2.24, 2.45) is 5.92 Å².